The number of rotatable bonds is 15. The predicted molar refractivity (Wildman–Crippen MR) is 140 cm³/mol. The van der Waals surface area contributed by atoms with Gasteiger partial charge in [-0.25, -0.2) is 4.79 Å². The van der Waals surface area contributed by atoms with E-state index >= 15 is 0 Å². The van der Waals surface area contributed by atoms with Crippen molar-refractivity contribution in [3.05, 3.63) is 47.3 Å². The van der Waals surface area contributed by atoms with E-state index in [-0.39, 0.29) is 37.3 Å². The number of esters is 2. The Morgan fingerprint density at radius 2 is 1.72 bits per heavy atom. The van der Waals surface area contributed by atoms with Crippen LogP contribution in [0.3, 0.4) is 0 Å². The van der Waals surface area contributed by atoms with E-state index in [1.54, 1.807) is 33.8 Å². The van der Waals surface area contributed by atoms with Crippen LogP contribution in [-0.4, -0.2) is 55.3 Å². The molecule has 0 saturated heterocycles. The van der Waals surface area contributed by atoms with Crippen molar-refractivity contribution in [3.8, 4) is 0 Å². The van der Waals surface area contributed by atoms with E-state index in [1.165, 1.54) is 0 Å². The Morgan fingerprint density at radius 3 is 2.28 bits per heavy atom. The maximum atomic E-state index is 12.8. The molecule has 1 unspecified atom stereocenters. The molecule has 0 aliphatic carbocycles. The number of amides is 2. The molecule has 0 bridgehead atoms. The van der Waals surface area contributed by atoms with Gasteiger partial charge in [-0.05, 0) is 59.6 Å². The summed E-state index contributed by atoms with van der Waals surface area (Å²) in [6.07, 6.45) is 10.1. The number of carbonyl (C=O) groups excluding carboxylic acids is 4. The molecule has 200 valence electrons. The zero-order valence-electron chi connectivity index (χ0n) is 22.2. The summed E-state index contributed by atoms with van der Waals surface area (Å²) in [4.78, 5) is 53.6. The van der Waals surface area contributed by atoms with Crippen LogP contribution in [0.5, 0.6) is 0 Å². The smallest absolute Gasteiger partial charge is 0.328 e. The summed E-state index contributed by atoms with van der Waals surface area (Å²) in [5, 5.41) is 4.99. The zero-order valence-corrected chi connectivity index (χ0v) is 22.2. The zero-order chi connectivity index (χ0) is 27.5. The van der Waals surface area contributed by atoms with E-state index in [0.717, 1.165) is 6.42 Å². The molecule has 10 nitrogen and oxygen atoms in total. The lowest BCUT2D eigenvalue weighted by molar-refractivity contribution is -0.148. The Labute approximate surface area is 213 Å². The first-order chi connectivity index (χ1) is 17.1. The van der Waals surface area contributed by atoms with E-state index in [0.29, 0.717) is 11.4 Å². The maximum absolute atomic E-state index is 12.8. The van der Waals surface area contributed by atoms with E-state index < -0.39 is 36.3 Å². The molecule has 0 aromatic heterocycles. The van der Waals surface area contributed by atoms with Gasteiger partial charge in [0, 0.05) is 12.1 Å². The van der Waals surface area contributed by atoms with Crippen molar-refractivity contribution in [2.45, 2.75) is 66.8 Å². The third kappa shape index (κ3) is 13.3. The maximum Gasteiger partial charge on any atom is 0.328 e. The lowest BCUT2D eigenvalue weighted by Gasteiger charge is -2.17. The third-order valence-electron chi connectivity index (χ3n) is 4.51. The molecule has 36 heavy (non-hydrogen) atoms. The Hall–Kier alpha value is -3.69. The molecule has 0 aromatic carbocycles. The predicted octanol–water partition coefficient (Wildman–Crippen LogP) is 2.61. The number of carbonyl (C=O) groups is 4. The first-order valence-electron chi connectivity index (χ1n) is 12.0. The average Bonchev–Trinajstić information content (AvgIpc) is 2.80. The molecule has 1 atom stereocenters. The molecule has 0 rings (SSSR count). The first-order valence-corrected chi connectivity index (χ1v) is 12.0. The number of allylic oxidation sites excluding steroid dienone is 6. The quantitative estimate of drug-likeness (QED) is 0.134. The van der Waals surface area contributed by atoms with Crippen LogP contribution in [0, 0.1) is 0 Å². The molecular weight excluding hydrogens is 464 g/mol. The van der Waals surface area contributed by atoms with E-state index in [9.17, 15) is 19.2 Å². The highest BCUT2D eigenvalue weighted by molar-refractivity contribution is 6.21. The highest BCUT2D eigenvalue weighted by Crippen LogP contribution is 2.09. The number of aliphatic imine (C=N–C) groups is 1. The van der Waals surface area contributed by atoms with Crippen molar-refractivity contribution in [1.29, 1.82) is 0 Å². The second-order valence-electron chi connectivity index (χ2n) is 7.58. The molecule has 2 amide bonds. The second kappa shape index (κ2) is 18.6. The van der Waals surface area contributed by atoms with Crippen molar-refractivity contribution < 1.29 is 28.7 Å². The Kier molecular flexibility index (Phi) is 16.7. The summed E-state index contributed by atoms with van der Waals surface area (Å²) in [6, 6.07) is -1.06. The van der Waals surface area contributed by atoms with Gasteiger partial charge in [0.2, 0.25) is 5.91 Å². The van der Waals surface area contributed by atoms with Crippen molar-refractivity contribution in [2.24, 2.45) is 10.7 Å². The van der Waals surface area contributed by atoms with E-state index in [1.807, 2.05) is 38.2 Å². The van der Waals surface area contributed by atoms with Crippen molar-refractivity contribution in [1.82, 2.24) is 10.6 Å². The van der Waals surface area contributed by atoms with Gasteiger partial charge < -0.3 is 25.8 Å². The van der Waals surface area contributed by atoms with Crippen LogP contribution in [0.15, 0.2) is 52.3 Å². The molecular formula is C26H40N4O6. The van der Waals surface area contributed by atoms with Gasteiger partial charge >= 0.3 is 11.9 Å². The van der Waals surface area contributed by atoms with E-state index in [2.05, 4.69) is 15.6 Å². The Bertz CT molecular complexity index is 911. The molecule has 0 saturated carbocycles. The summed E-state index contributed by atoms with van der Waals surface area (Å²) in [5.74, 6) is -2.39. The normalized spacial score (nSPS) is 13.8. The lowest BCUT2D eigenvalue weighted by atomic mass is 10.1. The van der Waals surface area contributed by atoms with Crippen LogP contribution in [0.25, 0.3) is 0 Å². The molecule has 0 fully saturated rings. The molecule has 0 aliphatic heterocycles. The van der Waals surface area contributed by atoms with Gasteiger partial charge in [-0.3, -0.25) is 19.4 Å². The third-order valence-corrected chi connectivity index (χ3v) is 4.51. The van der Waals surface area contributed by atoms with Gasteiger partial charge in [0.05, 0.1) is 36.7 Å². The fourth-order valence-corrected chi connectivity index (χ4v) is 2.96. The van der Waals surface area contributed by atoms with Crippen molar-refractivity contribution in [3.63, 3.8) is 0 Å². The first kappa shape index (κ1) is 32.3. The van der Waals surface area contributed by atoms with Crippen molar-refractivity contribution >= 4 is 29.5 Å². The molecule has 0 aliphatic rings. The Morgan fingerprint density at radius 1 is 1.06 bits per heavy atom. The van der Waals surface area contributed by atoms with E-state index in [4.69, 9.17) is 15.2 Å². The van der Waals surface area contributed by atoms with Gasteiger partial charge in [-0.1, -0.05) is 25.2 Å². The van der Waals surface area contributed by atoms with Gasteiger partial charge in [-0.2, -0.15) is 0 Å². The molecule has 10 heteroatoms. The fraction of sp³-hybridized carbons (Fsp3) is 0.500. The van der Waals surface area contributed by atoms with Gasteiger partial charge in [0.1, 0.15) is 6.04 Å². The monoisotopic (exact) mass is 504 g/mol. The Balaban J connectivity index is 5.40. The minimum atomic E-state index is -1.06. The SMILES string of the molecule is C\C=C/C(=C\C=C\CC)/N=C(C)/C(C(=O)NCC(=O)NC(CCC(=O)OCC)C(=O)OCC)=C(/C)N. The van der Waals surface area contributed by atoms with Gasteiger partial charge in [0.25, 0.3) is 5.91 Å². The average molecular weight is 505 g/mol. The molecule has 0 aromatic rings. The summed E-state index contributed by atoms with van der Waals surface area (Å²) in [5.41, 5.74) is 7.32. The van der Waals surface area contributed by atoms with Crippen LogP contribution in [0.2, 0.25) is 0 Å². The largest absolute Gasteiger partial charge is 0.466 e. The van der Waals surface area contributed by atoms with Gasteiger partial charge in [-0.15, -0.1) is 0 Å². The molecule has 4 N–H and O–H groups in total. The molecule has 0 radical (unpaired) electrons. The van der Waals surface area contributed by atoms with Crippen LogP contribution in [-0.2, 0) is 28.7 Å². The second-order valence-corrected chi connectivity index (χ2v) is 7.58. The molecule has 0 spiro atoms. The summed E-state index contributed by atoms with van der Waals surface area (Å²) in [7, 11) is 0. The van der Waals surface area contributed by atoms with Crippen LogP contribution < -0.4 is 16.4 Å². The van der Waals surface area contributed by atoms with Crippen LogP contribution in [0.4, 0.5) is 0 Å². The standard InChI is InChI=1S/C26H40N4O6/c1-7-11-12-14-20(13-8-2)29-19(6)24(18(5)27)25(33)28-17-22(31)30-21(26(34)36-10-4)15-16-23(32)35-9-3/h8,11-14,21H,7,9-10,15-17,27H2,1-6H3,(H,28,33)(H,30,31)/b12-11+,13-8-,20-14+,24-18+,29-19+. The lowest BCUT2D eigenvalue weighted by Crippen LogP contribution is -2.47. The summed E-state index contributed by atoms with van der Waals surface area (Å²) < 4.78 is 9.82. The number of nitrogens with two attached hydrogens (primary N) is 1. The van der Waals surface area contributed by atoms with Crippen molar-refractivity contribution in [2.75, 3.05) is 19.8 Å². The highest BCUT2D eigenvalue weighted by atomic mass is 16.5. The number of hydrogen-bond donors (Lipinski definition) is 3. The van der Waals surface area contributed by atoms with Gasteiger partial charge in [0.15, 0.2) is 0 Å². The summed E-state index contributed by atoms with van der Waals surface area (Å²) in [6.45, 7) is 10.3. The van der Waals surface area contributed by atoms with Crippen LogP contribution in [0.1, 0.15) is 60.8 Å². The number of nitrogens with one attached hydrogen (secondary N) is 2. The van der Waals surface area contributed by atoms with Crippen LogP contribution >= 0.6 is 0 Å². The topological polar surface area (TPSA) is 149 Å². The number of hydrogen-bond acceptors (Lipinski definition) is 8. The number of ether oxygens (including phenoxy) is 2. The fourth-order valence-electron chi connectivity index (χ4n) is 2.96. The summed E-state index contributed by atoms with van der Waals surface area (Å²) >= 11 is 0. The minimum absolute atomic E-state index is 0.00269. The molecule has 0 heterocycles. The number of nitrogens with zero attached hydrogens (tertiary/aromatic N) is 1. The highest BCUT2D eigenvalue weighted by Gasteiger charge is 2.24. The minimum Gasteiger partial charge on any atom is -0.466 e.